The van der Waals surface area contributed by atoms with E-state index in [1.54, 1.807) is 19.2 Å². The Kier molecular flexibility index (Phi) is 7.41. The molecule has 37 heavy (non-hydrogen) atoms. The second-order valence-corrected chi connectivity index (χ2v) is 10.1. The molecule has 194 valence electrons. The third-order valence-electron chi connectivity index (χ3n) is 7.03. The van der Waals surface area contributed by atoms with Crippen molar-refractivity contribution in [3.05, 3.63) is 59.4 Å². The van der Waals surface area contributed by atoms with E-state index in [9.17, 15) is 4.79 Å². The fourth-order valence-electron chi connectivity index (χ4n) is 5.11. The number of carbonyl (C=O) groups excluding carboxylic acids is 1. The summed E-state index contributed by atoms with van der Waals surface area (Å²) in [6.45, 7) is 3.28. The molecular formula is C28H31N3O5S. The van der Waals surface area contributed by atoms with E-state index in [1.165, 1.54) is 19.3 Å². The minimum atomic E-state index is -0.0669. The van der Waals surface area contributed by atoms with Gasteiger partial charge in [-0.25, -0.2) is 0 Å². The van der Waals surface area contributed by atoms with Gasteiger partial charge in [0.25, 0.3) is 5.91 Å². The van der Waals surface area contributed by atoms with Crippen LogP contribution in [-0.2, 0) is 0 Å². The number of aliphatic imine (C=N–C) groups is 1. The number of hydrogen-bond acceptors (Lipinski definition) is 8. The first-order valence-electron chi connectivity index (χ1n) is 12.4. The quantitative estimate of drug-likeness (QED) is 0.411. The van der Waals surface area contributed by atoms with Gasteiger partial charge in [-0.3, -0.25) is 9.79 Å². The maximum Gasteiger partial charge on any atom is 0.257 e. The van der Waals surface area contributed by atoms with Crippen LogP contribution in [0.4, 0.5) is 0 Å². The molecule has 1 unspecified atom stereocenters. The van der Waals surface area contributed by atoms with Crippen LogP contribution in [0.25, 0.3) is 11.3 Å². The predicted molar refractivity (Wildman–Crippen MR) is 144 cm³/mol. The first-order valence-corrected chi connectivity index (χ1v) is 13.3. The summed E-state index contributed by atoms with van der Waals surface area (Å²) in [6, 6.07) is 13.6. The second-order valence-electron chi connectivity index (χ2n) is 9.11. The van der Waals surface area contributed by atoms with Crippen LogP contribution in [0.2, 0.25) is 0 Å². The van der Waals surface area contributed by atoms with Gasteiger partial charge in [0.05, 0.1) is 38.0 Å². The topological polar surface area (TPSA) is 86.4 Å². The van der Waals surface area contributed by atoms with E-state index in [2.05, 4.69) is 5.16 Å². The Morgan fingerprint density at radius 3 is 2.41 bits per heavy atom. The molecule has 9 heteroatoms. The number of piperidine rings is 1. The van der Waals surface area contributed by atoms with Crippen molar-refractivity contribution < 1.29 is 23.5 Å². The minimum Gasteiger partial charge on any atom is -0.493 e. The first kappa shape index (κ1) is 25.2. The van der Waals surface area contributed by atoms with Crippen LogP contribution in [0.1, 0.15) is 40.6 Å². The van der Waals surface area contributed by atoms with E-state index >= 15 is 0 Å². The van der Waals surface area contributed by atoms with Crippen LogP contribution in [0.5, 0.6) is 17.2 Å². The van der Waals surface area contributed by atoms with Gasteiger partial charge in [-0.15, -0.1) is 11.8 Å². The molecule has 0 saturated carbocycles. The number of nitrogens with zero attached hydrogens (tertiary/aromatic N) is 3. The summed E-state index contributed by atoms with van der Waals surface area (Å²) < 4.78 is 21.9. The number of amides is 1. The SMILES string of the molecule is COc1ccc(C(=O)N2CCC(C3=NC(c4c(-c5ccccc5)noc4C)CS3)CC2)c(OC)c1OC. The molecule has 3 aromatic rings. The smallest absolute Gasteiger partial charge is 0.257 e. The monoisotopic (exact) mass is 521 g/mol. The van der Waals surface area contributed by atoms with Crippen LogP contribution in [0.15, 0.2) is 52.0 Å². The lowest BCUT2D eigenvalue weighted by Gasteiger charge is -2.32. The predicted octanol–water partition coefficient (Wildman–Crippen LogP) is 5.41. The van der Waals surface area contributed by atoms with Crippen molar-refractivity contribution in [1.82, 2.24) is 10.1 Å². The van der Waals surface area contributed by atoms with Crippen molar-refractivity contribution in [2.45, 2.75) is 25.8 Å². The van der Waals surface area contributed by atoms with Gasteiger partial charge in [0.15, 0.2) is 11.5 Å². The highest BCUT2D eigenvalue weighted by atomic mass is 32.2. The zero-order valence-electron chi connectivity index (χ0n) is 21.5. The molecule has 5 rings (SSSR count). The summed E-state index contributed by atoms with van der Waals surface area (Å²) in [5, 5.41) is 5.51. The molecule has 0 N–H and O–H groups in total. The van der Waals surface area contributed by atoms with E-state index < -0.39 is 0 Å². The summed E-state index contributed by atoms with van der Waals surface area (Å²) in [5.74, 6) is 3.31. The third kappa shape index (κ3) is 4.80. The molecule has 0 aliphatic carbocycles. The largest absolute Gasteiger partial charge is 0.493 e. The summed E-state index contributed by atoms with van der Waals surface area (Å²) in [6.07, 6.45) is 1.74. The number of aromatic nitrogens is 1. The minimum absolute atomic E-state index is 0.0251. The number of hydrogen-bond donors (Lipinski definition) is 0. The molecule has 3 heterocycles. The van der Waals surface area contributed by atoms with Crippen LogP contribution in [-0.4, -0.2) is 61.2 Å². The molecule has 1 aromatic heterocycles. The lowest BCUT2D eigenvalue weighted by Crippen LogP contribution is -2.39. The highest BCUT2D eigenvalue weighted by Gasteiger charge is 2.34. The average Bonchev–Trinajstić information content (AvgIpc) is 3.59. The zero-order valence-corrected chi connectivity index (χ0v) is 22.3. The van der Waals surface area contributed by atoms with E-state index in [0.29, 0.717) is 41.8 Å². The standard InChI is InChI=1S/C28H31N3O5S/c1-17-23(24(30-36-17)18-8-6-5-7-9-18)21-16-37-27(29-21)19-12-14-31(15-13-19)28(32)20-10-11-22(33-2)26(35-4)25(20)34-3/h5-11,19,21H,12-16H2,1-4H3. The van der Waals surface area contributed by atoms with Gasteiger partial charge in [0.2, 0.25) is 5.75 Å². The van der Waals surface area contributed by atoms with Crippen LogP contribution < -0.4 is 14.2 Å². The lowest BCUT2D eigenvalue weighted by molar-refractivity contribution is 0.0706. The Balaban J connectivity index is 1.28. The fraction of sp³-hybridized carbons (Fsp3) is 0.393. The Bertz CT molecular complexity index is 1300. The molecule has 0 bridgehead atoms. The van der Waals surface area contributed by atoms with Crippen LogP contribution in [0, 0.1) is 12.8 Å². The molecule has 2 aromatic carbocycles. The van der Waals surface area contributed by atoms with Crippen molar-refractivity contribution in [3.63, 3.8) is 0 Å². The van der Waals surface area contributed by atoms with Crippen LogP contribution >= 0.6 is 11.8 Å². The molecular weight excluding hydrogens is 490 g/mol. The van der Waals surface area contributed by atoms with Gasteiger partial charge >= 0.3 is 0 Å². The summed E-state index contributed by atoms with van der Waals surface area (Å²) in [7, 11) is 4.63. The average molecular weight is 522 g/mol. The molecule has 2 aliphatic heterocycles. The van der Waals surface area contributed by atoms with Crippen molar-refractivity contribution in [1.29, 1.82) is 0 Å². The maximum atomic E-state index is 13.4. The molecule has 0 radical (unpaired) electrons. The zero-order chi connectivity index (χ0) is 25.9. The number of benzene rings is 2. The number of aryl methyl sites for hydroxylation is 1. The number of carbonyl (C=O) groups is 1. The van der Waals surface area contributed by atoms with E-state index in [4.69, 9.17) is 23.7 Å². The van der Waals surface area contributed by atoms with E-state index in [-0.39, 0.29) is 11.9 Å². The molecule has 1 amide bonds. The van der Waals surface area contributed by atoms with Gasteiger partial charge < -0.3 is 23.6 Å². The molecule has 2 aliphatic rings. The number of likely N-dealkylation sites (tertiary alicyclic amines) is 1. The van der Waals surface area contributed by atoms with Gasteiger partial charge in [-0.2, -0.15) is 0 Å². The Morgan fingerprint density at radius 1 is 1.00 bits per heavy atom. The van der Waals surface area contributed by atoms with Gasteiger partial charge in [-0.1, -0.05) is 35.5 Å². The third-order valence-corrected chi connectivity index (χ3v) is 8.24. The number of thioether (sulfide) groups is 1. The number of rotatable bonds is 7. The van der Waals surface area contributed by atoms with Crippen molar-refractivity contribution >= 4 is 22.7 Å². The fourth-order valence-corrected chi connectivity index (χ4v) is 6.35. The normalized spacial score (nSPS) is 18.0. The van der Waals surface area contributed by atoms with Gasteiger partial charge in [0, 0.05) is 35.9 Å². The summed E-state index contributed by atoms with van der Waals surface area (Å²) in [4.78, 5) is 20.4. The maximum absolute atomic E-state index is 13.4. The Labute approximate surface area is 221 Å². The van der Waals surface area contributed by atoms with Crippen molar-refractivity contribution in [2.75, 3.05) is 40.2 Å². The Morgan fingerprint density at radius 2 is 1.73 bits per heavy atom. The highest BCUT2D eigenvalue weighted by Crippen LogP contribution is 2.42. The summed E-state index contributed by atoms with van der Waals surface area (Å²) in [5.41, 5.74) is 3.46. The molecule has 8 nitrogen and oxygen atoms in total. The van der Waals surface area contributed by atoms with Crippen molar-refractivity contribution in [3.8, 4) is 28.5 Å². The molecule has 1 saturated heterocycles. The van der Waals surface area contributed by atoms with Gasteiger partial charge in [-0.05, 0) is 31.9 Å². The van der Waals surface area contributed by atoms with Gasteiger partial charge in [0.1, 0.15) is 11.5 Å². The molecule has 0 spiro atoms. The molecule has 1 atom stereocenters. The van der Waals surface area contributed by atoms with Crippen LogP contribution in [0.3, 0.4) is 0 Å². The summed E-state index contributed by atoms with van der Waals surface area (Å²) >= 11 is 1.82. The molecule has 1 fully saturated rings. The number of ether oxygens (including phenoxy) is 3. The van der Waals surface area contributed by atoms with E-state index in [1.807, 2.05) is 53.9 Å². The number of methoxy groups -OCH3 is 3. The van der Waals surface area contributed by atoms with E-state index in [0.717, 1.165) is 41.2 Å². The second kappa shape index (κ2) is 10.9. The highest BCUT2D eigenvalue weighted by molar-refractivity contribution is 8.14. The van der Waals surface area contributed by atoms with Crippen molar-refractivity contribution in [2.24, 2.45) is 10.9 Å². The Hall–Kier alpha value is -3.46. The lowest BCUT2D eigenvalue weighted by atomic mass is 9.96. The first-order chi connectivity index (χ1) is 18.0.